The average molecular weight is 234 g/mol. The smallest absolute Gasteiger partial charge is 0.227 e. The summed E-state index contributed by atoms with van der Waals surface area (Å²) >= 11 is 5.63. The fourth-order valence-electron chi connectivity index (χ4n) is 0.909. The Bertz CT molecular complexity index is 393. The quantitative estimate of drug-likeness (QED) is 0.781. The minimum absolute atomic E-state index is 0.0251. The Morgan fingerprint density at radius 3 is 2.53 bits per heavy atom. The van der Waals surface area contributed by atoms with Crippen LogP contribution in [0.25, 0.3) is 0 Å². The van der Waals surface area contributed by atoms with Crippen LogP contribution in [-0.4, -0.2) is 5.91 Å². The average Bonchev–Trinajstić information content (AvgIpc) is 2.18. The van der Waals surface area contributed by atoms with Crippen LogP contribution in [0.1, 0.15) is 13.8 Å². The predicted molar refractivity (Wildman–Crippen MR) is 54.8 cm³/mol. The van der Waals surface area contributed by atoms with E-state index in [1.807, 2.05) is 0 Å². The predicted octanol–water partition coefficient (Wildman–Crippen LogP) is 3.21. The first-order chi connectivity index (χ1) is 6.93. The third kappa shape index (κ3) is 2.65. The van der Waals surface area contributed by atoms with E-state index in [0.717, 1.165) is 6.07 Å². The summed E-state index contributed by atoms with van der Waals surface area (Å²) in [4.78, 5) is 11.3. The van der Waals surface area contributed by atoms with E-state index in [-0.39, 0.29) is 16.6 Å². The van der Waals surface area contributed by atoms with Gasteiger partial charge in [0.2, 0.25) is 5.91 Å². The number of nitrogens with one attached hydrogen (secondary N) is 1. The Morgan fingerprint density at radius 2 is 2.00 bits per heavy atom. The van der Waals surface area contributed by atoms with Crippen molar-refractivity contribution in [3.8, 4) is 0 Å². The van der Waals surface area contributed by atoms with Crippen molar-refractivity contribution in [3.63, 3.8) is 0 Å². The van der Waals surface area contributed by atoms with Crippen molar-refractivity contribution >= 4 is 23.2 Å². The maximum Gasteiger partial charge on any atom is 0.227 e. The lowest BCUT2D eigenvalue weighted by atomic mass is 10.2. The Labute approximate surface area is 91.2 Å². The second-order valence-corrected chi connectivity index (χ2v) is 3.77. The molecule has 2 nitrogen and oxygen atoms in total. The second-order valence-electron chi connectivity index (χ2n) is 3.36. The molecule has 0 spiro atoms. The monoisotopic (exact) mass is 233 g/mol. The summed E-state index contributed by atoms with van der Waals surface area (Å²) in [5, 5.41) is 2.21. The van der Waals surface area contributed by atoms with Crippen LogP contribution in [0.5, 0.6) is 0 Å². The van der Waals surface area contributed by atoms with Gasteiger partial charge in [0.05, 0.1) is 10.7 Å². The topological polar surface area (TPSA) is 29.1 Å². The van der Waals surface area contributed by atoms with Crippen LogP contribution in [0, 0.1) is 17.6 Å². The molecule has 0 atom stereocenters. The lowest BCUT2D eigenvalue weighted by Crippen LogP contribution is -2.19. The van der Waals surface area contributed by atoms with Gasteiger partial charge >= 0.3 is 0 Å². The standard InChI is InChI=1S/C10H10ClF2NO/c1-5(2)10(15)14-9-6(11)3-4-7(12)8(9)13/h3-5H,1-2H3,(H,14,15). The molecule has 0 aliphatic rings. The van der Waals surface area contributed by atoms with E-state index in [2.05, 4.69) is 5.32 Å². The van der Waals surface area contributed by atoms with E-state index in [1.165, 1.54) is 6.07 Å². The molecule has 1 aromatic rings. The van der Waals surface area contributed by atoms with Gasteiger partial charge in [-0.2, -0.15) is 0 Å². The van der Waals surface area contributed by atoms with E-state index < -0.39 is 17.5 Å². The minimum atomic E-state index is -1.14. The van der Waals surface area contributed by atoms with Gasteiger partial charge in [-0.15, -0.1) is 0 Å². The van der Waals surface area contributed by atoms with E-state index in [9.17, 15) is 13.6 Å². The maximum atomic E-state index is 13.2. The number of benzene rings is 1. The zero-order chi connectivity index (χ0) is 11.6. The van der Waals surface area contributed by atoms with Crippen LogP contribution in [-0.2, 0) is 4.79 Å². The Morgan fingerprint density at radius 1 is 1.40 bits per heavy atom. The van der Waals surface area contributed by atoms with Gasteiger partial charge in [0.1, 0.15) is 0 Å². The minimum Gasteiger partial charge on any atom is -0.322 e. The molecule has 0 radical (unpaired) electrons. The normalized spacial score (nSPS) is 10.5. The van der Waals surface area contributed by atoms with Crippen molar-refractivity contribution in [3.05, 3.63) is 28.8 Å². The molecule has 82 valence electrons. The van der Waals surface area contributed by atoms with Gasteiger partial charge in [0, 0.05) is 5.92 Å². The zero-order valence-electron chi connectivity index (χ0n) is 8.27. The molecule has 1 aromatic carbocycles. The van der Waals surface area contributed by atoms with E-state index >= 15 is 0 Å². The third-order valence-electron chi connectivity index (χ3n) is 1.82. The molecule has 0 aromatic heterocycles. The SMILES string of the molecule is CC(C)C(=O)Nc1c(Cl)ccc(F)c1F. The summed E-state index contributed by atoms with van der Waals surface area (Å²) in [6, 6.07) is 2.10. The van der Waals surface area contributed by atoms with Gasteiger partial charge in [-0.05, 0) is 12.1 Å². The van der Waals surface area contributed by atoms with Gasteiger partial charge in [0.15, 0.2) is 11.6 Å². The zero-order valence-corrected chi connectivity index (χ0v) is 9.03. The lowest BCUT2D eigenvalue weighted by Gasteiger charge is -2.10. The highest BCUT2D eigenvalue weighted by Crippen LogP contribution is 2.27. The Balaban J connectivity index is 3.04. The van der Waals surface area contributed by atoms with Crippen molar-refractivity contribution in [1.82, 2.24) is 0 Å². The first-order valence-corrected chi connectivity index (χ1v) is 4.75. The molecule has 0 unspecified atom stereocenters. The van der Waals surface area contributed by atoms with Crippen LogP contribution in [0.3, 0.4) is 0 Å². The number of anilines is 1. The summed E-state index contributed by atoms with van der Waals surface area (Å²) < 4.78 is 26.0. The number of rotatable bonds is 2. The second kappa shape index (κ2) is 4.57. The molecule has 0 aliphatic heterocycles. The number of hydrogen-bond acceptors (Lipinski definition) is 1. The molecule has 0 saturated carbocycles. The van der Waals surface area contributed by atoms with Crippen molar-refractivity contribution in [2.75, 3.05) is 5.32 Å². The summed E-state index contributed by atoms with van der Waals surface area (Å²) in [5.41, 5.74) is -0.310. The van der Waals surface area contributed by atoms with Gasteiger partial charge in [-0.3, -0.25) is 4.79 Å². The number of hydrogen-bond donors (Lipinski definition) is 1. The number of amides is 1. The molecule has 0 saturated heterocycles. The summed E-state index contributed by atoms with van der Waals surface area (Å²) in [6.07, 6.45) is 0. The van der Waals surface area contributed by atoms with Crippen molar-refractivity contribution < 1.29 is 13.6 Å². The third-order valence-corrected chi connectivity index (χ3v) is 2.13. The largest absolute Gasteiger partial charge is 0.322 e. The highest BCUT2D eigenvalue weighted by atomic mass is 35.5. The first kappa shape index (κ1) is 11.9. The van der Waals surface area contributed by atoms with Crippen LogP contribution in [0.15, 0.2) is 12.1 Å². The van der Waals surface area contributed by atoms with Crippen molar-refractivity contribution in [2.24, 2.45) is 5.92 Å². The van der Waals surface area contributed by atoms with Gasteiger partial charge in [-0.25, -0.2) is 8.78 Å². The van der Waals surface area contributed by atoms with Crippen LogP contribution in [0.4, 0.5) is 14.5 Å². The van der Waals surface area contributed by atoms with Gasteiger partial charge < -0.3 is 5.32 Å². The molecular weight excluding hydrogens is 224 g/mol. The lowest BCUT2D eigenvalue weighted by molar-refractivity contribution is -0.118. The summed E-state index contributed by atoms with van der Waals surface area (Å²) in [6.45, 7) is 3.28. The molecule has 15 heavy (non-hydrogen) atoms. The van der Waals surface area contributed by atoms with Crippen molar-refractivity contribution in [2.45, 2.75) is 13.8 Å². The first-order valence-electron chi connectivity index (χ1n) is 4.38. The van der Waals surface area contributed by atoms with Gasteiger partial charge in [0.25, 0.3) is 0 Å². The fraction of sp³-hybridized carbons (Fsp3) is 0.300. The van der Waals surface area contributed by atoms with Gasteiger partial charge in [-0.1, -0.05) is 25.4 Å². The van der Waals surface area contributed by atoms with Crippen molar-refractivity contribution in [1.29, 1.82) is 0 Å². The molecule has 5 heteroatoms. The fourth-order valence-corrected chi connectivity index (χ4v) is 1.10. The van der Waals surface area contributed by atoms with Crippen LogP contribution in [0.2, 0.25) is 5.02 Å². The maximum absolute atomic E-state index is 13.2. The molecular formula is C10H10ClF2NO. The molecule has 1 amide bonds. The molecule has 0 heterocycles. The Hall–Kier alpha value is -1.16. The molecule has 1 N–H and O–H groups in total. The van der Waals surface area contributed by atoms with E-state index in [0.29, 0.717) is 0 Å². The molecule has 0 bridgehead atoms. The van der Waals surface area contributed by atoms with E-state index in [4.69, 9.17) is 11.6 Å². The number of halogens is 3. The summed E-state index contributed by atoms with van der Waals surface area (Å²) in [7, 11) is 0. The molecule has 0 aliphatic carbocycles. The highest BCUT2D eigenvalue weighted by Gasteiger charge is 2.16. The Kier molecular flexibility index (Phi) is 3.63. The van der Waals surface area contributed by atoms with Crippen LogP contribution < -0.4 is 5.32 Å². The number of carbonyl (C=O) groups excluding carboxylic acids is 1. The number of carbonyl (C=O) groups is 1. The van der Waals surface area contributed by atoms with Crippen LogP contribution >= 0.6 is 11.6 Å². The molecule has 1 rings (SSSR count). The molecule has 0 fully saturated rings. The van der Waals surface area contributed by atoms with E-state index in [1.54, 1.807) is 13.8 Å². The summed E-state index contributed by atoms with van der Waals surface area (Å²) in [5.74, 6) is -2.93. The highest BCUT2D eigenvalue weighted by molar-refractivity contribution is 6.33.